The smallest absolute Gasteiger partial charge is 0.240 e. The molecule has 1 rings (SSSR count). The maximum atomic E-state index is 12.1. The number of carbonyl (C=O) groups is 1. The van der Waals surface area contributed by atoms with E-state index in [-0.39, 0.29) is 24.4 Å². The molecule has 0 saturated heterocycles. The third-order valence-electron chi connectivity index (χ3n) is 3.55. The Morgan fingerprint density at radius 1 is 1.36 bits per heavy atom. The molecule has 0 aliphatic heterocycles. The number of rotatable bonds is 7. The molecule has 126 valence electrons. The lowest BCUT2D eigenvalue weighted by Gasteiger charge is -2.25. The average Bonchev–Trinajstić information content (AvgIpc) is 2.37. The summed E-state index contributed by atoms with van der Waals surface area (Å²) in [4.78, 5) is 12.1. The van der Waals surface area contributed by atoms with Gasteiger partial charge in [0.2, 0.25) is 5.91 Å². The van der Waals surface area contributed by atoms with E-state index in [1.165, 1.54) is 0 Å². The quantitative estimate of drug-likeness (QED) is 0.808. The predicted molar refractivity (Wildman–Crippen MR) is 93.8 cm³/mol. The minimum Gasteiger partial charge on any atom is -0.491 e. The summed E-state index contributed by atoms with van der Waals surface area (Å²) in [6, 6.07) is 5.96. The van der Waals surface area contributed by atoms with Crippen LogP contribution < -0.4 is 15.8 Å². The van der Waals surface area contributed by atoms with Crippen LogP contribution in [0.1, 0.15) is 44.7 Å². The van der Waals surface area contributed by atoms with Gasteiger partial charge >= 0.3 is 0 Å². The van der Waals surface area contributed by atoms with Crippen molar-refractivity contribution in [2.45, 2.75) is 59.0 Å². The van der Waals surface area contributed by atoms with Crippen LogP contribution in [-0.2, 0) is 4.79 Å². The lowest BCUT2D eigenvalue weighted by Crippen LogP contribution is -2.54. The summed E-state index contributed by atoms with van der Waals surface area (Å²) in [7, 11) is 0. The standard InChI is InChI=1S/C17H28N2O2.ClH/c1-6-10-17(5,18)16(20)19-14(4)11-21-15-12(2)8-7-9-13(15)3;/h7-9,14H,6,10-11,18H2,1-5H3,(H,19,20);1H. The Balaban J connectivity index is 0.00000441. The van der Waals surface area contributed by atoms with Gasteiger partial charge in [-0.2, -0.15) is 0 Å². The highest BCUT2D eigenvalue weighted by atomic mass is 35.5. The molecule has 1 aromatic rings. The molecule has 2 atom stereocenters. The van der Waals surface area contributed by atoms with Crippen LogP contribution in [0.15, 0.2) is 18.2 Å². The second-order valence-corrected chi connectivity index (χ2v) is 6.07. The number of halogens is 1. The molecule has 0 spiro atoms. The highest BCUT2D eigenvalue weighted by Crippen LogP contribution is 2.22. The van der Waals surface area contributed by atoms with Crippen LogP contribution in [0, 0.1) is 13.8 Å². The molecule has 0 bridgehead atoms. The van der Waals surface area contributed by atoms with Crippen LogP contribution in [0.5, 0.6) is 5.75 Å². The molecule has 22 heavy (non-hydrogen) atoms. The Hall–Kier alpha value is -1.26. The molecule has 0 saturated carbocycles. The zero-order chi connectivity index (χ0) is 16.0. The zero-order valence-corrected chi connectivity index (χ0v) is 15.0. The summed E-state index contributed by atoms with van der Waals surface area (Å²) < 4.78 is 5.85. The highest BCUT2D eigenvalue weighted by Gasteiger charge is 2.28. The van der Waals surface area contributed by atoms with Crippen molar-refractivity contribution in [1.29, 1.82) is 0 Å². The number of amides is 1. The lowest BCUT2D eigenvalue weighted by molar-refractivity contribution is -0.126. The van der Waals surface area contributed by atoms with Crippen molar-refractivity contribution in [3.05, 3.63) is 29.3 Å². The molecule has 2 unspecified atom stereocenters. The van der Waals surface area contributed by atoms with E-state index in [9.17, 15) is 4.79 Å². The van der Waals surface area contributed by atoms with E-state index in [0.717, 1.165) is 23.3 Å². The van der Waals surface area contributed by atoms with Crippen molar-refractivity contribution in [3.8, 4) is 5.75 Å². The summed E-state index contributed by atoms with van der Waals surface area (Å²) in [6.45, 7) is 10.2. The van der Waals surface area contributed by atoms with Gasteiger partial charge in [0.25, 0.3) is 0 Å². The van der Waals surface area contributed by atoms with Gasteiger partial charge < -0.3 is 15.8 Å². The largest absolute Gasteiger partial charge is 0.491 e. The molecule has 0 heterocycles. The van der Waals surface area contributed by atoms with E-state index in [1.807, 2.05) is 45.9 Å². The summed E-state index contributed by atoms with van der Waals surface area (Å²) >= 11 is 0. The molecular weight excluding hydrogens is 300 g/mol. The second-order valence-electron chi connectivity index (χ2n) is 6.07. The lowest BCUT2D eigenvalue weighted by atomic mass is 9.96. The van der Waals surface area contributed by atoms with Crippen LogP contribution in [0.3, 0.4) is 0 Å². The fraction of sp³-hybridized carbons (Fsp3) is 0.588. The molecule has 0 radical (unpaired) electrons. The van der Waals surface area contributed by atoms with Crippen LogP contribution in [0.25, 0.3) is 0 Å². The van der Waals surface area contributed by atoms with Gasteiger partial charge in [-0.05, 0) is 45.2 Å². The number of nitrogens with two attached hydrogens (primary N) is 1. The van der Waals surface area contributed by atoms with E-state index in [2.05, 4.69) is 5.32 Å². The number of aryl methyl sites for hydroxylation is 2. The first-order chi connectivity index (χ1) is 9.77. The first kappa shape index (κ1) is 20.7. The Labute approximate surface area is 140 Å². The van der Waals surface area contributed by atoms with E-state index in [1.54, 1.807) is 6.92 Å². The fourth-order valence-corrected chi connectivity index (χ4v) is 2.30. The maximum Gasteiger partial charge on any atom is 0.240 e. The summed E-state index contributed by atoms with van der Waals surface area (Å²) in [5.74, 6) is 0.768. The molecule has 1 aromatic carbocycles. The molecule has 0 fully saturated rings. The first-order valence-electron chi connectivity index (χ1n) is 7.56. The molecule has 0 aromatic heterocycles. The van der Waals surface area contributed by atoms with E-state index in [4.69, 9.17) is 10.5 Å². The summed E-state index contributed by atoms with van der Waals surface area (Å²) in [5.41, 5.74) is 7.40. The number of hydrogen-bond acceptors (Lipinski definition) is 3. The normalized spacial score (nSPS) is 14.5. The van der Waals surface area contributed by atoms with E-state index in [0.29, 0.717) is 13.0 Å². The number of carbonyl (C=O) groups excluding carboxylic acids is 1. The summed E-state index contributed by atoms with van der Waals surface area (Å²) in [6.07, 6.45) is 1.55. The van der Waals surface area contributed by atoms with Crippen LogP contribution in [-0.4, -0.2) is 24.1 Å². The fourth-order valence-electron chi connectivity index (χ4n) is 2.30. The number of ether oxygens (including phenoxy) is 1. The van der Waals surface area contributed by atoms with Gasteiger partial charge in [-0.25, -0.2) is 0 Å². The zero-order valence-electron chi connectivity index (χ0n) is 14.2. The van der Waals surface area contributed by atoms with Crippen molar-refractivity contribution in [2.24, 2.45) is 5.73 Å². The van der Waals surface area contributed by atoms with Gasteiger partial charge in [0.05, 0.1) is 11.6 Å². The SMILES string of the molecule is CCCC(C)(N)C(=O)NC(C)COc1c(C)cccc1C.Cl. The molecular formula is C17H29ClN2O2. The molecule has 0 aliphatic rings. The first-order valence-corrected chi connectivity index (χ1v) is 7.56. The van der Waals surface area contributed by atoms with Crippen molar-refractivity contribution in [1.82, 2.24) is 5.32 Å². The van der Waals surface area contributed by atoms with Gasteiger partial charge in [0.15, 0.2) is 0 Å². The average molecular weight is 329 g/mol. The number of hydrogen-bond donors (Lipinski definition) is 2. The Morgan fingerprint density at radius 3 is 2.41 bits per heavy atom. The molecule has 1 amide bonds. The van der Waals surface area contributed by atoms with Gasteiger partial charge in [-0.3, -0.25) is 4.79 Å². The number of para-hydroxylation sites is 1. The van der Waals surface area contributed by atoms with Gasteiger partial charge in [-0.1, -0.05) is 31.5 Å². The van der Waals surface area contributed by atoms with Crippen LogP contribution >= 0.6 is 12.4 Å². The van der Waals surface area contributed by atoms with Gasteiger partial charge in [-0.15, -0.1) is 12.4 Å². The molecule has 0 aliphatic carbocycles. The molecule has 3 N–H and O–H groups in total. The maximum absolute atomic E-state index is 12.1. The minimum absolute atomic E-state index is 0. The Kier molecular flexibility index (Phi) is 8.49. The monoisotopic (exact) mass is 328 g/mol. The van der Waals surface area contributed by atoms with Crippen LogP contribution in [0.2, 0.25) is 0 Å². The van der Waals surface area contributed by atoms with Crippen molar-refractivity contribution < 1.29 is 9.53 Å². The highest BCUT2D eigenvalue weighted by molar-refractivity contribution is 5.86. The van der Waals surface area contributed by atoms with E-state index >= 15 is 0 Å². The van der Waals surface area contributed by atoms with E-state index < -0.39 is 5.54 Å². The predicted octanol–water partition coefficient (Wildman–Crippen LogP) is 3.13. The van der Waals surface area contributed by atoms with Gasteiger partial charge in [0.1, 0.15) is 12.4 Å². The number of nitrogens with one attached hydrogen (secondary N) is 1. The van der Waals surface area contributed by atoms with Crippen molar-refractivity contribution >= 4 is 18.3 Å². The third-order valence-corrected chi connectivity index (χ3v) is 3.55. The molecule has 5 heteroatoms. The topological polar surface area (TPSA) is 64.4 Å². The van der Waals surface area contributed by atoms with Crippen LogP contribution in [0.4, 0.5) is 0 Å². The minimum atomic E-state index is -0.818. The van der Waals surface area contributed by atoms with Crippen molar-refractivity contribution in [2.75, 3.05) is 6.61 Å². The Bertz CT molecular complexity index is 469. The molecule has 4 nitrogen and oxygen atoms in total. The third kappa shape index (κ3) is 5.85. The summed E-state index contributed by atoms with van der Waals surface area (Å²) in [5, 5.41) is 2.93. The van der Waals surface area contributed by atoms with Crippen molar-refractivity contribution in [3.63, 3.8) is 0 Å². The Morgan fingerprint density at radius 2 is 1.91 bits per heavy atom. The van der Waals surface area contributed by atoms with Gasteiger partial charge in [0, 0.05) is 0 Å². The number of benzene rings is 1. The second kappa shape index (κ2) is 9.01.